The molecule has 1 nitrogen and oxygen atoms in total. The van der Waals surface area contributed by atoms with Gasteiger partial charge in [-0.05, 0) is 12.0 Å². The highest BCUT2D eigenvalue weighted by Gasteiger charge is 2.09. The molecule has 0 saturated carbocycles. The molecule has 1 rings (SSSR count). The Balaban J connectivity index is 2.74. The fourth-order valence-electron chi connectivity index (χ4n) is 1.05. The van der Waals surface area contributed by atoms with E-state index < -0.39 is 0 Å². The number of halogens is 2. The largest absolute Gasteiger partial charge is 0.493 e. The van der Waals surface area contributed by atoms with Crippen LogP contribution < -0.4 is 4.74 Å². The van der Waals surface area contributed by atoms with Gasteiger partial charge in [-0.2, -0.15) is 0 Å². The Hall–Kier alpha value is -0.210. The average molecular weight is 278 g/mol. The van der Waals surface area contributed by atoms with Gasteiger partial charge in [0, 0.05) is 5.56 Å². The van der Waals surface area contributed by atoms with Crippen LogP contribution >= 0.6 is 27.5 Å². The lowest BCUT2D eigenvalue weighted by Crippen LogP contribution is -2.05. The summed E-state index contributed by atoms with van der Waals surface area (Å²) in [6.45, 7) is 4.96. The van der Waals surface area contributed by atoms with Crippen molar-refractivity contribution >= 4 is 27.5 Å². The van der Waals surface area contributed by atoms with E-state index in [4.69, 9.17) is 16.3 Å². The fraction of sp³-hybridized carbons (Fsp3) is 0.455. The van der Waals surface area contributed by atoms with E-state index in [2.05, 4.69) is 29.8 Å². The predicted molar refractivity (Wildman–Crippen MR) is 64.3 cm³/mol. The van der Waals surface area contributed by atoms with Gasteiger partial charge in [0.2, 0.25) is 0 Å². The first-order chi connectivity index (χ1) is 6.61. The van der Waals surface area contributed by atoms with Gasteiger partial charge in [-0.1, -0.05) is 48.0 Å². The maximum absolute atomic E-state index is 5.96. The fourth-order valence-corrected chi connectivity index (χ4v) is 1.61. The summed E-state index contributed by atoms with van der Waals surface area (Å²) in [7, 11) is 0. The van der Waals surface area contributed by atoms with Gasteiger partial charge in [-0.15, -0.1) is 11.6 Å². The van der Waals surface area contributed by atoms with E-state index in [1.54, 1.807) is 0 Å². The van der Waals surface area contributed by atoms with Crippen LogP contribution in [-0.2, 0) is 0 Å². The molecule has 0 heterocycles. The molecule has 0 amide bonds. The Labute approximate surface area is 98.5 Å². The van der Waals surface area contributed by atoms with Crippen LogP contribution in [0.4, 0.5) is 0 Å². The first kappa shape index (κ1) is 11.9. The van der Waals surface area contributed by atoms with Gasteiger partial charge in [0.15, 0.2) is 0 Å². The molecule has 0 radical (unpaired) electrons. The predicted octanol–water partition coefficient (Wildman–Crippen LogP) is 4.35. The van der Waals surface area contributed by atoms with Crippen LogP contribution in [0, 0.1) is 5.92 Å². The molecule has 0 aliphatic heterocycles. The molecule has 0 saturated heterocycles. The third kappa shape index (κ3) is 3.50. The summed E-state index contributed by atoms with van der Waals surface area (Å²) in [6.07, 6.45) is 0. The third-order valence-electron chi connectivity index (χ3n) is 1.73. The van der Waals surface area contributed by atoms with Crippen LogP contribution in [0.2, 0.25) is 0 Å². The zero-order chi connectivity index (χ0) is 10.6. The molecule has 14 heavy (non-hydrogen) atoms. The summed E-state index contributed by atoms with van der Waals surface area (Å²) >= 11 is 9.29. The quantitative estimate of drug-likeness (QED) is 0.743. The third-order valence-corrected chi connectivity index (χ3v) is 2.45. The molecule has 0 N–H and O–H groups in total. The van der Waals surface area contributed by atoms with Crippen LogP contribution in [-0.4, -0.2) is 6.61 Å². The van der Waals surface area contributed by atoms with Crippen molar-refractivity contribution < 1.29 is 4.74 Å². The lowest BCUT2D eigenvalue weighted by atomic mass is 10.2. The van der Waals surface area contributed by atoms with Crippen molar-refractivity contribution in [1.82, 2.24) is 0 Å². The van der Waals surface area contributed by atoms with E-state index in [9.17, 15) is 0 Å². The van der Waals surface area contributed by atoms with Crippen LogP contribution in [0.1, 0.15) is 23.7 Å². The number of hydrogen-bond acceptors (Lipinski definition) is 1. The molecule has 78 valence electrons. The van der Waals surface area contributed by atoms with E-state index in [-0.39, 0.29) is 4.29 Å². The highest BCUT2D eigenvalue weighted by atomic mass is 79.9. The topological polar surface area (TPSA) is 9.23 Å². The molecule has 1 aromatic rings. The van der Waals surface area contributed by atoms with Crippen LogP contribution in [0.15, 0.2) is 24.3 Å². The Morgan fingerprint density at radius 1 is 1.36 bits per heavy atom. The maximum atomic E-state index is 5.96. The summed E-state index contributed by atoms with van der Waals surface area (Å²) in [6, 6.07) is 7.80. The Morgan fingerprint density at radius 3 is 2.57 bits per heavy atom. The number of para-hydroxylation sites is 1. The van der Waals surface area contributed by atoms with Crippen molar-refractivity contribution in [3.05, 3.63) is 29.8 Å². The lowest BCUT2D eigenvalue weighted by molar-refractivity contribution is 0.269. The minimum Gasteiger partial charge on any atom is -0.493 e. The second-order valence-corrected chi connectivity index (χ2v) is 5.42. The first-order valence-corrected chi connectivity index (χ1v) is 5.96. The van der Waals surface area contributed by atoms with Gasteiger partial charge in [-0.3, -0.25) is 0 Å². The average Bonchev–Trinajstić information content (AvgIpc) is 2.15. The molecule has 0 aliphatic rings. The zero-order valence-electron chi connectivity index (χ0n) is 8.34. The van der Waals surface area contributed by atoms with Crippen LogP contribution in [0.25, 0.3) is 0 Å². The zero-order valence-corrected chi connectivity index (χ0v) is 10.7. The molecule has 1 aromatic carbocycles. The SMILES string of the molecule is CC(C)COc1ccccc1C(Cl)Br. The number of benzene rings is 1. The first-order valence-electron chi connectivity index (χ1n) is 4.61. The highest BCUT2D eigenvalue weighted by molar-refractivity contribution is 9.09. The molecule has 1 unspecified atom stereocenters. The molecule has 0 spiro atoms. The van der Waals surface area contributed by atoms with Crippen molar-refractivity contribution in [3.63, 3.8) is 0 Å². The highest BCUT2D eigenvalue weighted by Crippen LogP contribution is 2.34. The second kappa shape index (κ2) is 5.62. The molecule has 0 bridgehead atoms. The minimum absolute atomic E-state index is 0.189. The lowest BCUT2D eigenvalue weighted by Gasteiger charge is -2.13. The van der Waals surface area contributed by atoms with Crippen molar-refractivity contribution in [2.45, 2.75) is 18.1 Å². The molecular formula is C11H14BrClO. The van der Waals surface area contributed by atoms with Crippen LogP contribution in [0.5, 0.6) is 5.75 Å². The summed E-state index contributed by atoms with van der Waals surface area (Å²) < 4.78 is 5.46. The van der Waals surface area contributed by atoms with E-state index >= 15 is 0 Å². The van der Waals surface area contributed by atoms with Gasteiger partial charge in [0.05, 0.1) is 6.61 Å². The van der Waals surface area contributed by atoms with E-state index in [1.807, 2.05) is 24.3 Å². The molecule has 0 fully saturated rings. The summed E-state index contributed by atoms with van der Waals surface area (Å²) in [5.41, 5.74) is 0.981. The summed E-state index contributed by atoms with van der Waals surface area (Å²) in [4.78, 5) is 0. The molecular weight excluding hydrogens is 263 g/mol. The number of ether oxygens (including phenoxy) is 1. The van der Waals surface area contributed by atoms with Gasteiger partial charge in [0.1, 0.15) is 10.0 Å². The monoisotopic (exact) mass is 276 g/mol. The van der Waals surface area contributed by atoms with Gasteiger partial charge < -0.3 is 4.74 Å². The van der Waals surface area contributed by atoms with Gasteiger partial charge in [0.25, 0.3) is 0 Å². The molecule has 0 aliphatic carbocycles. The van der Waals surface area contributed by atoms with Crippen molar-refractivity contribution in [2.24, 2.45) is 5.92 Å². The maximum Gasteiger partial charge on any atom is 0.124 e. The summed E-state index contributed by atoms with van der Waals surface area (Å²) in [5.74, 6) is 1.38. The van der Waals surface area contributed by atoms with Gasteiger partial charge in [-0.25, -0.2) is 0 Å². The minimum atomic E-state index is -0.189. The molecule has 3 heteroatoms. The van der Waals surface area contributed by atoms with E-state index in [0.29, 0.717) is 12.5 Å². The summed E-state index contributed by atoms with van der Waals surface area (Å²) in [5, 5.41) is 0. The van der Waals surface area contributed by atoms with Crippen molar-refractivity contribution in [2.75, 3.05) is 6.61 Å². The van der Waals surface area contributed by atoms with Crippen molar-refractivity contribution in [3.8, 4) is 5.75 Å². The molecule has 0 aromatic heterocycles. The van der Waals surface area contributed by atoms with Gasteiger partial charge >= 0.3 is 0 Å². The van der Waals surface area contributed by atoms with Crippen LogP contribution in [0.3, 0.4) is 0 Å². The van der Waals surface area contributed by atoms with Crippen molar-refractivity contribution in [1.29, 1.82) is 0 Å². The normalized spacial score (nSPS) is 12.9. The Morgan fingerprint density at radius 2 is 2.00 bits per heavy atom. The number of alkyl halides is 2. The Kier molecular flexibility index (Phi) is 4.76. The standard InChI is InChI=1S/C11H14BrClO/c1-8(2)7-14-10-6-4-3-5-9(10)11(12)13/h3-6,8,11H,7H2,1-2H3. The number of hydrogen-bond donors (Lipinski definition) is 0. The number of rotatable bonds is 4. The smallest absolute Gasteiger partial charge is 0.124 e. The second-order valence-electron chi connectivity index (χ2n) is 3.54. The Bertz CT molecular complexity index is 286. The van der Waals surface area contributed by atoms with E-state index in [0.717, 1.165) is 11.3 Å². The van der Waals surface area contributed by atoms with E-state index in [1.165, 1.54) is 0 Å². The molecule has 1 atom stereocenters.